The van der Waals surface area contributed by atoms with Crippen molar-refractivity contribution < 1.29 is 4.74 Å². The highest BCUT2D eigenvalue weighted by atomic mass is 127. The second-order valence-corrected chi connectivity index (χ2v) is 4.90. The van der Waals surface area contributed by atoms with Gasteiger partial charge in [0.05, 0.1) is 11.7 Å². The molecule has 0 saturated carbocycles. The van der Waals surface area contributed by atoms with E-state index in [1.54, 1.807) is 18.6 Å². The largest absolute Gasteiger partial charge is 0.423 e. The van der Waals surface area contributed by atoms with Gasteiger partial charge in [-0.05, 0) is 34.7 Å². The van der Waals surface area contributed by atoms with Gasteiger partial charge < -0.3 is 4.74 Å². The molecule has 0 N–H and O–H groups in total. The Hall–Kier alpha value is -1.76. The van der Waals surface area contributed by atoms with Crippen LogP contribution in [0, 0.1) is 3.57 Å². The Kier molecular flexibility index (Phi) is 3.06. The minimum Gasteiger partial charge on any atom is -0.423 e. The Balaban J connectivity index is 1.92. The van der Waals surface area contributed by atoms with E-state index in [9.17, 15) is 0 Å². The van der Waals surface area contributed by atoms with E-state index in [1.165, 1.54) is 0 Å². The molecule has 0 saturated heterocycles. The summed E-state index contributed by atoms with van der Waals surface area (Å²) in [6.45, 7) is 0. The Morgan fingerprint density at radius 2 is 1.72 bits per heavy atom. The first-order valence-electron chi connectivity index (χ1n) is 5.31. The van der Waals surface area contributed by atoms with Crippen LogP contribution in [-0.4, -0.2) is 15.0 Å². The van der Waals surface area contributed by atoms with E-state index in [1.807, 2.05) is 30.3 Å². The first-order chi connectivity index (χ1) is 8.81. The van der Waals surface area contributed by atoms with Crippen LogP contribution in [0.1, 0.15) is 0 Å². The van der Waals surface area contributed by atoms with Crippen molar-refractivity contribution in [3.05, 3.63) is 52.5 Å². The summed E-state index contributed by atoms with van der Waals surface area (Å²) in [7, 11) is 0. The van der Waals surface area contributed by atoms with Crippen molar-refractivity contribution in [3.63, 3.8) is 0 Å². The van der Waals surface area contributed by atoms with Gasteiger partial charge in [0.2, 0.25) is 0 Å². The van der Waals surface area contributed by atoms with Crippen LogP contribution in [0.4, 0.5) is 0 Å². The van der Waals surface area contributed by atoms with Crippen LogP contribution in [0.25, 0.3) is 10.9 Å². The maximum absolute atomic E-state index is 5.55. The molecule has 1 aromatic carbocycles. The molecule has 3 rings (SSSR count). The Bertz CT molecular complexity index is 685. The summed E-state index contributed by atoms with van der Waals surface area (Å²) in [4.78, 5) is 12.5. The number of rotatable bonds is 2. The molecule has 18 heavy (non-hydrogen) atoms. The van der Waals surface area contributed by atoms with Crippen molar-refractivity contribution in [3.8, 4) is 11.8 Å². The minimum atomic E-state index is 0.326. The summed E-state index contributed by atoms with van der Waals surface area (Å²) < 4.78 is 6.52. The van der Waals surface area contributed by atoms with Crippen LogP contribution >= 0.6 is 22.6 Å². The molecule has 0 atom stereocenters. The second-order valence-electron chi connectivity index (χ2n) is 3.65. The van der Waals surface area contributed by atoms with Crippen molar-refractivity contribution in [2.75, 3.05) is 0 Å². The van der Waals surface area contributed by atoms with Gasteiger partial charge in [-0.25, -0.2) is 9.97 Å². The van der Waals surface area contributed by atoms with Crippen molar-refractivity contribution in [2.24, 2.45) is 0 Å². The molecular formula is C13H8IN3O. The van der Waals surface area contributed by atoms with Gasteiger partial charge in [0, 0.05) is 21.4 Å². The van der Waals surface area contributed by atoms with Crippen LogP contribution in [0.2, 0.25) is 0 Å². The van der Waals surface area contributed by atoms with E-state index < -0.39 is 0 Å². The molecule has 2 aromatic heterocycles. The summed E-state index contributed by atoms with van der Waals surface area (Å²) in [5.41, 5.74) is 0.938. The molecule has 2 heterocycles. The third kappa shape index (κ3) is 2.40. The molecule has 88 valence electrons. The molecule has 0 bridgehead atoms. The highest BCUT2D eigenvalue weighted by Gasteiger charge is 2.02. The van der Waals surface area contributed by atoms with Crippen LogP contribution in [0.15, 0.2) is 48.9 Å². The zero-order valence-electron chi connectivity index (χ0n) is 9.25. The van der Waals surface area contributed by atoms with Gasteiger partial charge >= 0.3 is 6.01 Å². The number of aromatic nitrogens is 3. The van der Waals surface area contributed by atoms with Gasteiger partial charge in [-0.2, -0.15) is 0 Å². The quantitative estimate of drug-likeness (QED) is 0.666. The maximum Gasteiger partial charge on any atom is 0.321 e. The van der Waals surface area contributed by atoms with Gasteiger partial charge in [-0.15, -0.1) is 0 Å². The fourth-order valence-corrected chi connectivity index (χ4v) is 1.84. The first-order valence-corrected chi connectivity index (χ1v) is 6.39. The average Bonchev–Trinajstić information content (AvgIpc) is 2.41. The number of fused-ring (bicyclic) bond motifs is 1. The minimum absolute atomic E-state index is 0.326. The van der Waals surface area contributed by atoms with E-state index >= 15 is 0 Å². The van der Waals surface area contributed by atoms with E-state index in [0.717, 1.165) is 14.5 Å². The summed E-state index contributed by atoms with van der Waals surface area (Å²) in [6.07, 6.45) is 5.08. The number of ether oxygens (including phenoxy) is 1. The number of nitrogens with zero attached hydrogens (tertiary/aromatic N) is 3. The predicted molar refractivity (Wildman–Crippen MR) is 76.6 cm³/mol. The zero-order valence-corrected chi connectivity index (χ0v) is 11.4. The molecule has 0 fully saturated rings. The molecular weight excluding hydrogens is 341 g/mol. The van der Waals surface area contributed by atoms with Crippen LogP contribution in [0.3, 0.4) is 0 Å². The predicted octanol–water partition coefficient (Wildman–Crippen LogP) is 3.42. The third-order valence-electron chi connectivity index (χ3n) is 2.37. The smallest absolute Gasteiger partial charge is 0.321 e. The number of hydrogen-bond donors (Lipinski definition) is 0. The highest BCUT2D eigenvalue weighted by molar-refractivity contribution is 14.1. The first kappa shape index (κ1) is 11.3. The number of para-hydroxylation sites is 1. The van der Waals surface area contributed by atoms with Gasteiger partial charge in [-0.3, -0.25) is 4.98 Å². The van der Waals surface area contributed by atoms with E-state index in [-0.39, 0.29) is 0 Å². The monoisotopic (exact) mass is 349 g/mol. The normalized spacial score (nSPS) is 10.5. The second kappa shape index (κ2) is 4.85. The number of benzene rings is 1. The third-order valence-corrected chi connectivity index (χ3v) is 2.93. The molecule has 0 spiro atoms. The van der Waals surface area contributed by atoms with Crippen molar-refractivity contribution in [2.45, 2.75) is 0 Å². The Labute approximate surface area is 117 Å². The summed E-state index contributed by atoms with van der Waals surface area (Å²) in [5, 5.41) is 1.03. The molecule has 0 aliphatic heterocycles. The van der Waals surface area contributed by atoms with E-state index in [2.05, 4.69) is 37.5 Å². The topological polar surface area (TPSA) is 47.9 Å². The molecule has 0 amide bonds. The standard InChI is InChI=1S/C13H8IN3O/c14-10-6-16-13(17-7-10)18-11-5-9-3-1-2-4-12(9)15-8-11/h1-8H. The lowest BCUT2D eigenvalue weighted by Crippen LogP contribution is -1.92. The molecule has 0 radical (unpaired) electrons. The van der Waals surface area contributed by atoms with Gasteiger partial charge in [0.25, 0.3) is 0 Å². The Morgan fingerprint density at radius 1 is 0.944 bits per heavy atom. The van der Waals surface area contributed by atoms with E-state index in [0.29, 0.717) is 11.8 Å². The molecule has 4 nitrogen and oxygen atoms in total. The van der Waals surface area contributed by atoms with Gasteiger partial charge in [0.15, 0.2) is 0 Å². The van der Waals surface area contributed by atoms with Crippen molar-refractivity contribution in [1.82, 2.24) is 15.0 Å². The van der Waals surface area contributed by atoms with Crippen LogP contribution in [-0.2, 0) is 0 Å². The van der Waals surface area contributed by atoms with Gasteiger partial charge in [-0.1, -0.05) is 18.2 Å². The molecule has 5 heteroatoms. The Morgan fingerprint density at radius 3 is 2.56 bits per heavy atom. The van der Waals surface area contributed by atoms with Gasteiger partial charge in [0.1, 0.15) is 5.75 Å². The highest BCUT2D eigenvalue weighted by Crippen LogP contribution is 2.21. The van der Waals surface area contributed by atoms with E-state index in [4.69, 9.17) is 4.74 Å². The molecule has 3 aromatic rings. The average molecular weight is 349 g/mol. The molecule has 0 aliphatic rings. The SMILES string of the molecule is Ic1cnc(Oc2cnc3ccccc3c2)nc1. The fourth-order valence-electron chi connectivity index (χ4n) is 1.57. The lowest BCUT2D eigenvalue weighted by Gasteiger charge is -2.04. The maximum atomic E-state index is 5.55. The summed E-state index contributed by atoms with van der Waals surface area (Å²) in [6, 6.07) is 10.1. The number of hydrogen-bond acceptors (Lipinski definition) is 4. The molecule has 0 aliphatic carbocycles. The lowest BCUT2D eigenvalue weighted by molar-refractivity contribution is 0.440. The number of halogens is 1. The zero-order chi connectivity index (χ0) is 12.4. The van der Waals surface area contributed by atoms with Crippen molar-refractivity contribution >= 4 is 33.5 Å². The van der Waals surface area contributed by atoms with Crippen LogP contribution in [0.5, 0.6) is 11.8 Å². The lowest BCUT2D eigenvalue weighted by atomic mass is 10.2. The fraction of sp³-hybridized carbons (Fsp3) is 0. The molecule has 0 unspecified atom stereocenters. The number of pyridine rings is 1. The summed E-state index contributed by atoms with van der Waals surface area (Å²) >= 11 is 2.15. The van der Waals surface area contributed by atoms with Crippen molar-refractivity contribution in [1.29, 1.82) is 0 Å². The summed E-state index contributed by atoms with van der Waals surface area (Å²) in [5.74, 6) is 0.634. The van der Waals surface area contributed by atoms with Crippen LogP contribution < -0.4 is 4.74 Å².